The van der Waals surface area contributed by atoms with Crippen molar-refractivity contribution in [3.05, 3.63) is 71.8 Å². The van der Waals surface area contributed by atoms with E-state index in [4.69, 9.17) is 14.2 Å². The van der Waals surface area contributed by atoms with Crippen LogP contribution in [0.4, 0.5) is 0 Å². The summed E-state index contributed by atoms with van der Waals surface area (Å²) in [6.07, 6.45) is -1.68. The van der Waals surface area contributed by atoms with E-state index < -0.39 is 12.2 Å². The Balaban J connectivity index is 1.70. The van der Waals surface area contributed by atoms with E-state index in [0.717, 1.165) is 16.9 Å². The van der Waals surface area contributed by atoms with Crippen molar-refractivity contribution in [3.63, 3.8) is 0 Å². The Bertz CT molecular complexity index is 667. The highest BCUT2D eigenvalue weighted by Crippen LogP contribution is 2.32. The van der Waals surface area contributed by atoms with Crippen molar-refractivity contribution < 1.29 is 19.3 Å². The minimum absolute atomic E-state index is 0.165. The molecule has 0 unspecified atom stereocenters. The summed E-state index contributed by atoms with van der Waals surface area (Å²) in [5, 5.41) is 10.9. The molecule has 1 aliphatic rings. The fourth-order valence-corrected chi connectivity index (χ4v) is 4.18. The molecule has 27 heavy (non-hydrogen) atoms. The van der Waals surface area contributed by atoms with Crippen molar-refractivity contribution in [2.24, 2.45) is 0 Å². The largest absolute Gasteiger partial charge is 0.387 e. The van der Waals surface area contributed by atoms with Gasteiger partial charge in [0.1, 0.15) is 23.7 Å². The summed E-state index contributed by atoms with van der Waals surface area (Å²) in [5.74, 6) is 0.870. The summed E-state index contributed by atoms with van der Waals surface area (Å²) in [7, 11) is 0. The number of benzene rings is 2. The molecular weight excluding hydrogens is 360 g/mol. The molecule has 0 aliphatic carbocycles. The van der Waals surface area contributed by atoms with E-state index in [1.165, 1.54) is 0 Å². The zero-order chi connectivity index (χ0) is 19.1. The molecule has 146 valence electrons. The van der Waals surface area contributed by atoms with Crippen LogP contribution in [0, 0.1) is 0 Å². The maximum absolute atomic E-state index is 10.9. The predicted octanol–water partition coefficient (Wildman–Crippen LogP) is 4.02. The first-order chi connectivity index (χ1) is 13.2. The SMILES string of the molecule is CCS[C@@H]1O[C@@H](C)[C@H](OCc2ccccc2)[C@@H](OCc2ccccc2)[C@H]1O. The summed E-state index contributed by atoms with van der Waals surface area (Å²) < 4.78 is 18.4. The lowest BCUT2D eigenvalue weighted by Gasteiger charge is -2.43. The third-order valence-corrected chi connectivity index (χ3v) is 5.70. The van der Waals surface area contributed by atoms with Crippen LogP contribution in [0.1, 0.15) is 25.0 Å². The quantitative estimate of drug-likeness (QED) is 0.740. The van der Waals surface area contributed by atoms with Gasteiger partial charge in [0.05, 0.1) is 19.3 Å². The average Bonchev–Trinajstić information content (AvgIpc) is 2.70. The summed E-state index contributed by atoms with van der Waals surface area (Å²) in [6.45, 7) is 4.94. The van der Waals surface area contributed by atoms with Crippen LogP contribution >= 0.6 is 11.8 Å². The first-order valence-corrected chi connectivity index (χ1v) is 10.5. The zero-order valence-electron chi connectivity index (χ0n) is 15.9. The minimum Gasteiger partial charge on any atom is -0.387 e. The van der Waals surface area contributed by atoms with Gasteiger partial charge in [-0.25, -0.2) is 0 Å². The molecule has 2 aromatic carbocycles. The Labute approximate surface area is 165 Å². The Hall–Kier alpha value is -1.37. The van der Waals surface area contributed by atoms with Gasteiger partial charge in [0.25, 0.3) is 0 Å². The number of thioether (sulfide) groups is 1. The second-order valence-electron chi connectivity index (χ2n) is 6.68. The Kier molecular flexibility index (Phi) is 7.73. The van der Waals surface area contributed by atoms with Crippen molar-refractivity contribution in [2.45, 2.75) is 56.9 Å². The molecule has 0 saturated carbocycles. The number of aliphatic hydroxyl groups excluding tert-OH is 1. The number of hydrogen-bond donors (Lipinski definition) is 1. The van der Waals surface area contributed by atoms with Crippen LogP contribution in [0.3, 0.4) is 0 Å². The topological polar surface area (TPSA) is 47.9 Å². The normalized spacial score (nSPS) is 28.2. The fourth-order valence-electron chi connectivity index (χ4n) is 3.25. The van der Waals surface area contributed by atoms with Gasteiger partial charge in [-0.05, 0) is 23.8 Å². The lowest BCUT2D eigenvalue weighted by molar-refractivity contribution is -0.229. The van der Waals surface area contributed by atoms with Gasteiger partial charge >= 0.3 is 0 Å². The lowest BCUT2D eigenvalue weighted by atomic mass is 10.00. The first kappa shape index (κ1) is 20.4. The average molecular weight is 389 g/mol. The van der Waals surface area contributed by atoms with Crippen LogP contribution in [-0.2, 0) is 27.4 Å². The van der Waals surface area contributed by atoms with Crippen molar-refractivity contribution in [1.82, 2.24) is 0 Å². The Morgan fingerprint density at radius 2 is 1.41 bits per heavy atom. The van der Waals surface area contributed by atoms with Crippen molar-refractivity contribution in [3.8, 4) is 0 Å². The van der Waals surface area contributed by atoms with Crippen LogP contribution in [0.2, 0.25) is 0 Å². The maximum Gasteiger partial charge on any atom is 0.132 e. The van der Waals surface area contributed by atoms with Crippen molar-refractivity contribution >= 4 is 11.8 Å². The van der Waals surface area contributed by atoms with Crippen LogP contribution < -0.4 is 0 Å². The summed E-state index contributed by atoms with van der Waals surface area (Å²) in [5.41, 5.74) is 1.86. The Morgan fingerprint density at radius 1 is 0.889 bits per heavy atom. The molecule has 0 amide bonds. The van der Waals surface area contributed by atoms with Crippen molar-refractivity contribution in [1.29, 1.82) is 0 Å². The highest BCUT2D eigenvalue weighted by atomic mass is 32.2. The summed E-state index contributed by atoms with van der Waals surface area (Å²) in [4.78, 5) is 0. The molecule has 0 spiro atoms. The second-order valence-corrected chi connectivity index (χ2v) is 8.05. The van der Waals surface area contributed by atoms with Crippen LogP contribution in [0.15, 0.2) is 60.7 Å². The molecule has 5 heteroatoms. The number of aliphatic hydroxyl groups is 1. The number of hydrogen-bond acceptors (Lipinski definition) is 5. The van der Waals surface area contributed by atoms with Crippen LogP contribution in [0.5, 0.6) is 0 Å². The summed E-state index contributed by atoms with van der Waals surface area (Å²) >= 11 is 1.60. The van der Waals surface area contributed by atoms with Gasteiger partial charge in [0.15, 0.2) is 0 Å². The lowest BCUT2D eigenvalue weighted by Crippen LogP contribution is -2.57. The van der Waals surface area contributed by atoms with Gasteiger partial charge in [-0.2, -0.15) is 0 Å². The third kappa shape index (κ3) is 5.56. The van der Waals surface area contributed by atoms with E-state index in [-0.39, 0.29) is 17.6 Å². The van der Waals surface area contributed by atoms with Gasteiger partial charge in [0, 0.05) is 0 Å². The highest BCUT2D eigenvalue weighted by Gasteiger charge is 2.45. The fraction of sp³-hybridized carbons (Fsp3) is 0.455. The molecule has 2 aromatic rings. The number of ether oxygens (including phenoxy) is 3. The molecule has 1 fully saturated rings. The predicted molar refractivity (Wildman–Crippen MR) is 109 cm³/mol. The van der Waals surface area contributed by atoms with Gasteiger partial charge in [-0.1, -0.05) is 67.6 Å². The van der Waals surface area contributed by atoms with Gasteiger partial charge in [-0.3, -0.25) is 0 Å². The van der Waals surface area contributed by atoms with E-state index in [2.05, 4.69) is 6.92 Å². The van der Waals surface area contributed by atoms with E-state index in [9.17, 15) is 5.11 Å². The molecule has 4 nitrogen and oxygen atoms in total. The van der Waals surface area contributed by atoms with Gasteiger partial charge in [0.2, 0.25) is 0 Å². The van der Waals surface area contributed by atoms with E-state index in [1.807, 2.05) is 67.6 Å². The molecular formula is C22H28O4S. The maximum atomic E-state index is 10.9. The first-order valence-electron chi connectivity index (χ1n) is 9.45. The minimum atomic E-state index is -0.740. The smallest absolute Gasteiger partial charge is 0.132 e. The second kappa shape index (κ2) is 10.2. The molecule has 0 bridgehead atoms. The molecule has 1 aliphatic heterocycles. The highest BCUT2D eigenvalue weighted by molar-refractivity contribution is 7.99. The zero-order valence-corrected chi connectivity index (χ0v) is 16.7. The molecule has 3 rings (SSSR count). The molecule has 0 aromatic heterocycles. The van der Waals surface area contributed by atoms with Gasteiger partial charge in [-0.15, -0.1) is 11.8 Å². The molecule has 0 radical (unpaired) electrons. The molecule has 1 saturated heterocycles. The van der Waals surface area contributed by atoms with Gasteiger partial charge < -0.3 is 19.3 Å². The van der Waals surface area contributed by atoms with Crippen LogP contribution in [0.25, 0.3) is 0 Å². The monoisotopic (exact) mass is 388 g/mol. The third-order valence-electron chi connectivity index (χ3n) is 4.65. The van der Waals surface area contributed by atoms with E-state index in [0.29, 0.717) is 13.2 Å². The molecule has 5 atom stereocenters. The van der Waals surface area contributed by atoms with Crippen molar-refractivity contribution in [2.75, 3.05) is 5.75 Å². The van der Waals surface area contributed by atoms with E-state index in [1.54, 1.807) is 11.8 Å². The standard InChI is InChI=1S/C22H28O4S/c1-3-27-22-19(23)21(25-15-18-12-8-5-9-13-18)20(16(2)26-22)24-14-17-10-6-4-7-11-17/h4-13,16,19-23H,3,14-15H2,1-2H3/t16-,19+,20-,21-,22-/m0/s1. The molecule has 1 heterocycles. The number of rotatable bonds is 8. The van der Waals surface area contributed by atoms with E-state index >= 15 is 0 Å². The summed E-state index contributed by atoms with van der Waals surface area (Å²) in [6, 6.07) is 20.0. The molecule has 1 N–H and O–H groups in total. The van der Waals surface area contributed by atoms with Crippen LogP contribution in [-0.4, -0.2) is 40.7 Å². The Morgan fingerprint density at radius 3 is 1.93 bits per heavy atom.